The van der Waals surface area contributed by atoms with Crippen LogP contribution in [0.15, 0.2) is 29.2 Å². The van der Waals surface area contributed by atoms with Crippen LogP contribution in [0.4, 0.5) is 0 Å². The lowest BCUT2D eigenvalue weighted by molar-refractivity contribution is -0.153. The monoisotopic (exact) mass is 380 g/mol. The number of carboxylic acids is 1. The SMILES string of the molecule is Cc1ccc(S(=O)(=O)N2CCC(NC(=O)C3CCC3C(=O)O)CC2)cc1. The molecule has 8 heteroatoms. The van der Waals surface area contributed by atoms with Crippen molar-refractivity contribution < 1.29 is 23.1 Å². The molecule has 1 aliphatic carbocycles. The second kappa shape index (κ2) is 7.36. The standard InChI is InChI=1S/C18H24N2O5S/c1-12-2-4-14(5-3-12)26(24,25)20-10-8-13(9-11-20)19-17(21)15-6-7-16(15)18(22)23/h2-5,13,15-16H,6-11H2,1H3,(H,19,21)(H,22,23). The van der Waals surface area contributed by atoms with Crippen LogP contribution < -0.4 is 5.32 Å². The molecule has 0 bridgehead atoms. The fraction of sp³-hybridized carbons (Fsp3) is 0.556. The van der Waals surface area contributed by atoms with Gasteiger partial charge in [0.15, 0.2) is 0 Å². The van der Waals surface area contributed by atoms with Crippen LogP contribution in [-0.4, -0.2) is 48.8 Å². The maximum absolute atomic E-state index is 12.7. The number of nitrogens with one attached hydrogen (secondary N) is 1. The molecule has 26 heavy (non-hydrogen) atoms. The van der Waals surface area contributed by atoms with Gasteiger partial charge in [0.05, 0.1) is 16.7 Å². The topological polar surface area (TPSA) is 104 Å². The van der Waals surface area contributed by atoms with E-state index in [1.807, 2.05) is 6.92 Å². The van der Waals surface area contributed by atoms with Gasteiger partial charge < -0.3 is 10.4 Å². The summed E-state index contributed by atoms with van der Waals surface area (Å²) in [7, 11) is -3.52. The first kappa shape index (κ1) is 18.8. The lowest BCUT2D eigenvalue weighted by atomic mass is 9.73. The minimum Gasteiger partial charge on any atom is -0.481 e. The normalized spacial score (nSPS) is 24.7. The van der Waals surface area contributed by atoms with Gasteiger partial charge in [0, 0.05) is 19.1 Å². The Morgan fingerprint density at radius 3 is 2.12 bits per heavy atom. The molecule has 1 aliphatic heterocycles. The summed E-state index contributed by atoms with van der Waals surface area (Å²) in [4.78, 5) is 23.6. The first-order chi connectivity index (χ1) is 12.3. The highest BCUT2D eigenvalue weighted by molar-refractivity contribution is 7.89. The highest BCUT2D eigenvalue weighted by atomic mass is 32.2. The summed E-state index contributed by atoms with van der Waals surface area (Å²) in [6, 6.07) is 6.67. The van der Waals surface area contributed by atoms with E-state index < -0.39 is 27.8 Å². The van der Waals surface area contributed by atoms with E-state index in [2.05, 4.69) is 5.32 Å². The van der Waals surface area contributed by atoms with E-state index in [4.69, 9.17) is 5.11 Å². The van der Waals surface area contributed by atoms with Crippen molar-refractivity contribution in [2.45, 2.75) is 43.5 Å². The van der Waals surface area contributed by atoms with Gasteiger partial charge in [-0.1, -0.05) is 17.7 Å². The van der Waals surface area contributed by atoms with Crippen LogP contribution in [0.5, 0.6) is 0 Å². The highest BCUT2D eigenvalue weighted by Gasteiger charge is 2.42. The summed E-state index contributed by atoms with van der Waals surface area (Å²) in [5, 5.41) is 12.0. The number of rotatable bonds is 5. The van der Waals surface area contributed by atoms with Crippen molar-refractivity contribution in [1.82, 2.24) is 9.62 Å². The molecule has 2 unspecified atom stereocenters. The van der Waals surface area contributed by atoms with Crippen molar-refractivity contribution in [3.05, 3.63) is 29.8 Å². The third-order valence-corrected chi connectivity index (χ3v) is 7.30. The van der Waals surface area contributed by atoms with Gasteiger partial charge in [-0.25, -0.2) is 8.42 Å². The molecular formula is C18H24N2O5S. The van der Waals surface area contributed by atoms with Crippen LogP contribution in [0, 0.1) is 18.8 Å². The van der Waals surface area contributed by atoms with Gasteiger partial charge in [-0.3, -0.25) is 9.59 Å². The summed E-state index contributed by atoms with van der Waals surface area (Å²) >= 11 is 0. The largest absolute Gasteiger partial charge is 0.481 e. The van der Waals surface area contributed by atoms with Crippen molar-refractivity contribution in [3.8, 4) is 0 Å². The Bertz CT molecular complexity index is 782. The van der Waals surface area contributed by atoms with Gasteiger partial charge in [-0.15, -0.1) is 0 Å². The summed E-state index contributed by atoms with van der Waals surface area (Å²) < 4.78 is 26.8. The second-order valence-electron chi connectivity index (χ2n) is 7.13. The zero-order chi connectivity index (χ0) is 18.9. The smallest absolute Gasteiger partial charge is 0.307 e. The van der Waals surface area contributed by atoms with Gasteiger partial charge in [0.2, 0.25) is 15.9 Å². The Balaban J connectivity index is 1.55. The Kier molecular flexibility index (Phi) is 5.34. The quantitative estimate of drug-likeness (QED) is 0.803. The molecule has 0 radical (unpaired) electrons. The van der Waals surface area contributed by atoms with E-state index >= 15 is 0 Å². The van der Waals surface area contributed by atoms with E-state index in [0.29, 0.717) is 38.8 Å². The van der Waals surface area contributed by atoms with E-state index in [1.54, 1.807) is 24.3 Å². The molecule has 3 rings (SSSR count). The molecule has 2 atom stereocenters. The number of nitrogens with zero attached hydrogens (tertiary/aromatic N) is 1. The summed E-state index contributed by atoms with van der Waals surface area (Å²) in [6.45, 7) is 2.59. The number of carboxylic acid groups (broad SMARTS) is 1. The number of sulfonamides is 1. The van der Waals surface area contributed by atoms with Crippen molar-refractivity contribution in [1.29, 1.82) is 0 Å². The third kappa shape index (κ3) is 3.76. The molecule has 2 N–H and O–H groups in total. The minimum atomic E-state index is -3.52. The van der Waals surface area contributed by atoms with Gasteiger partial charge in [0.25, 0.3) is 0 Å². The molecule has 0 spiro atoms. The summed E-state index contributed by atoms with van der Waals surface area (Å²) in [5.74, 6) is -2.18. The number of amides is 1. The number of carbonyl (C=O) groups excluding carboxylic acids is 1. The van der Waals surface area contributed by atoms with Crippen molar-refractivity contribution >= 4 is 21.9 Å². The molecule has 142 valence electrons. The summed E-state index contributed by atoms with van der Waals surface area (Å²) in [6.07, 6.45) is 2.20. The van der Waals surface area contributed by atoms with Crippen LogP contribution in [0.25, 0.3) is 0 Å². The van der Waals surface area contributed by atoms with Gasteiger partial charge in [0.1, 0.15) is 0 Å². The Hall–Kier alpha value is -1.93. The number of aliphatic carboxylic acids is 1. The number of carbonyl (C=O) groups is 2. The average Bonchev–Trinajstić information content (AvgIpc) is 2.54. The predicted molar refractivity (Wildman–Crippen MR) is 95.0 cm³/mol. The van der Waals surface area contributed by atoms with Crippen molar-refractivity contribution in [2.75, 3.05) is 13.1 Å². The zero-order valence-electron chi connectivity index (χ0n) is 14.7. The van der Waals surface area contributed by atoms with Crippen LogP contribution in [0.2, 0.25) is 0 Å². The fourth-order valence-corrected chi connectivity index (χ4v) is 4.99. The molecule has 1 saturated heterocycles. The predicted octanol–water partition coefficient (Wildman–Crippen LogP) is 1.38. The maximum Gasteiger partial charge on any atom is 0.307 e. The number of hydrogen-bond donors (Lipinski definition) is 2. The first-order valence-corrected chi connectivity index (χ1v) is 10.3. The molecule has 1 amide bonds. The molecule has 1 aromatic carbocycles. The molecule has 1 saturated carbocycles. The molecule has 2 fully saturated rings. The average molecular weight is 380 g/mol. The first-order valence-electron chi connectivity index (χ1n) is 8.89. The number of piperidine rings is 1. The number of hydrogen-bond acceptors (Lipinski definition) is 4. The van der Waals surface area contributed by atoms with Crippen LogP contribution >= 0.6 is 0 Å². The molecule has 1 heterocycles. The van der Waals surface area contributed by atoms with E-state index in [-0.39, 0.29) is 16.8 Å². The van der Waals surface area contributed by atoms with Crippen molar-refractivity contribution in [3.63, 3.8) is 0 Å². The molecule has 1 aromatic rings. The van der Waals surface area contributed by atoms with Gasteiger partial charge >= 0.3 is 5.97 Å². The van der Waals surface area contributed by atoms with E-state index in [9.17, 15) is 18.0 Å². The number of benzene rings is 1. The molecule has 7 nitrogen and oxygen atoms in total. The Labute approximate surface area is 153 Å². The van der Waals surface area contributed by atoms with Gasteiger partial charge in [-0.2, -0.15) is 4.31 Å². The van der Waals surface area contributed by atoms with Crippen LogP contribution in [0.1, 0.15) is 31.2 Å². The minimum absolute atomic E-state index is 0.109. The lowest BCUT2D eigenvalue weighted by Gasteiger charge is -2.36. The Morgan fingerprint density at radius 2 is 1.62 bits per heavy atom. The molecule has 0 aromatic heterocycles. The molecule has 2 aliphatic rings. The van der Waals surface area contributed by atoms with E-state index in [1.165, 1.54) is 4.31 Å². The lowest BCUT2D eigenvalue weighted by Crippen LogP contribution is -2.51. The molecular weight excluding hydrogens is 356 g/mol. The number of aryl methyl sites for hydroxylation is 1. The Morgan fingerprint density at radius 1 is 1.04 bits per heavy atom. The maximum atomic E-state index is 12.7. The van der Waals surface area contributed by atoms with E-state index in [0.717, 1.165) is 5.56 Å². The van der Waals surface area contributed by atoms with Crippen LogP contribution in [-0.2, 0) is 19.6 Å². The van der Waals surface area contributed by atoms with Crippen molar-refractivity contribution in [2.24, 2.45) is 11.8 Å². The zero-order valence-corrected chi connectivity index (χ0v) is 15.5. The fourth-order valence-electron chi connectivity index (χ4n) is 3.52. The summed E-state index contributed by atoms with van der Waals surface area (Å²) in [5.41, 5.74) is 1.00. The second-order valence-corrected chi connectivity index (χ2v) is 9.07. The van der Waals surface area contributed by atoms with Gasteiger partial charge in [-0.05, 0) is 44.7 Å². The third-order valence-electron chi connectivity index (χ3n) is 5.39. The van der Waals surface area contributed by atoms with Crippen LogP contribution in [0.3, 0.4) is 0 Å². The highest BCUT2D eigenvalue weighted by Crippen LogP contribution is 2.34.